The molecule has 0 aliphatic carbocycles. The largest absolute Gasteiger partial charge is 0.370 e. The molecule has 0 saturated carbocycles. The van der Waals surface area contributed by atoms with E-state index in [1.807, 2.05) is 0 Å². The lowest BCUT2D eigenvalue weighted by Gasteiger charge is -2.39. The lowest BCUT2D eigenvalue weighted by molar-refractivity contribution is -0.207. The van der Waals surface area contributed by atoms with E-state index in [-0.39, 0.29) is 56.0 Å². The zero-order valence-electron chi connectivity index (χ0n) is 23.5. The highest BCUT2D eigenvalue weighted by Crippen LogP contribution is 2.18. The van der Waals surface area contributed by atoms with Crippen LogP contribution >= 0.6 is 0 Å². The van der Waals surface area contributed by atoms with Gasteiger partial charge in [0.2, 0.25) is 5.91 Å². The molecule has 1 saturated heterocycles. The number of piperazine rings is 1. The maximum atomic E-state index is 13.1. The first kappa shape index (κ1) is 31.9. The molecule has 0 radical (unpaired) electrons. The van der Waals surface area contributed by atoms with E-state index in [1.54, 1.807) is 36.4 Å². The second-order valence-electron chi connectivity index (χ2n) is 9.37. The summed E-state index contributed by atoms with van der Waals surface area (Å²) in [6.07, 6.45) is 0.479. The van der Waals surface area contributed by atoms with Gasteiger partial charge >= 0.3 is 5.97 Å². The molecule has 228 valence electrons. The number of carbonyl (C=O) groups is 5. The van der Waals surface area contributed by atoms with Crippen LogP contribution in [0.4, 0.5) is 11.4 Å². The zero-order valence-corrected chi connectivity index (χ0v) is 23.5. The molecule has 2 aromatic carbocycles. The number of guanidine groups is 2. The Labute approximate surface area is 247 Å². The van der Waals surface area contributed by atoms with Crippen LogP contribution in [0.25, 0.3) is 0 Å². The molecule has 0 bridgehead atoms. The number of aliphatic imine (C=N–C) groups is 2. The van der Waals surface area contributed by atoms with Crippen molar-refractivity contribution >= 4 is 52.9 Å². The third kappa shape index (κ3) is 9.44. The Bertz CT molecular complexity index is 1400. The summed E-state index contributed by atoms with van der Waals surface area (Å²) in [5.74, 6) is -2.86. The zero-order chi connectivity index (χ0) is 31.5. The molecule has 4 amide bonds. The molecular formula is C27H34N10O6. The minimum Gasteiger partial charge on any atom is -0.370 e. The van der Waals surface area contributed by atoms with E-state index < -0.39 is 29.7 Å². The van der Waals surface area contributed by atoms with Crippen molar-refractivity contribution in [2.24, 2.45) is 32.9 Å². The van der Waals surface area contributed by atoms with Crippen LogP contribution in [0.1, 0.15) is 40.5 Å². The molecule has 43 heavy (non-hydrogen) atoms. The van der Waals surface area contributed by atoms with Crippen molar-refractivity contribution in [3.8, 4) is 0 Å². The summed E-state index contributed by atoms with van der Waals surface area (Å²) in [6, 6.07) is 11.4. The molecule has 16 heteroatoms. The molecule has 1 aliphatic rings. The fourth-order valence-electron chi connectivity index (χ4n) is 4.22. The third-order valence-corrected chi connectivity index (χ3v) is 6.13. The highest BCUT2D eigenvalue weighted by Gasteiger charge is 2.38. The standard InChI is InChI=1S/C27H34N10O6/c1-16(38)43-37-14-13-36(22(39)15-33-24(41)18-6-10-20(11-7-18)35-27(30)31)21(25(37)42)3-2-12-32-23(40)17-4-8-19(9-5-17)34-26(28)29/h4-11,21H,2-3,12-15H2,1H3,(H,32,40)(H,33,41)(H4,28,29,34)(H4,30,31,35). The minimum absolute atomic E-state index is 0.0343. The van der Waals surface area contributed by atoms with E-state index in [0.29, 0.717) is 23.4 Å². The molecule has 1 heterocycles. The fraction of sp³-hybridized carbons (Fsp3) is 0.296. The van der Waals surface area contributed by atoms with Gasteiger partial charge in [-0.15, -0.1) is 0 Å². The number of amides is 4. The molecule has 1 fully saturated rings. The first-order chi connectivity index (χ1) is 20.4. The van der Waals surface area contributed by atoms with Gasteiger partial charge in [-0.3, -0.25) is 24.0 Å². The van der Waals surface area contributed by atoms with Gasteiger partial charge < -0.3 is 43.3 Å². The Balaban J connectivity index is 1.59. The molecule has 10 N–H and O–H groups in total. The Morgan fingerprint density at radius 3 is 1.84 bits per heavy atom. The summed E-state index contributed by atoms with van der Waals surface area (Å²) in [7, 11) is 0. The van der Waals surface area contributed by atoms with E-state index in [4.69, 9.17) is 27.8 Å². The summed E-state index contributed by atoms with van der Waals surface area (Å²) >= 11 is 0. The van der Waals surface area contributed by atoms with Crippen LogP contribution in [0.5, 0.6) is 0 Å². The normalized spacial score (nSPS) is 14.3. The second-order valence-corrected chi connectivity index (χ2v) is 9.37. The average Bonchev–Trinajstić information content (AvgIpc) is 2.95. The second kappa shape index (κ2) is 14.8. The molecule has 1 unspecified atom stereocenters. The molecule has 0 aromatic heterocycles. The number of nitrogens with zero attached hydrogens (tertiary/aromatic N) is 4. The van der Waals surface area contributed by atoms with Crippen molar-refractivity contribution < 1.29 is 28.8 Å². The Kier molecular flexibility index (Phi) is 11.0. The van der Waals surface area contributed by atoms with Gasteiger partial charge in [0, 0.05) is 31.1 Å². The van der Waals surface area contributed by atoms with Crippen LogP contribution in [0.15, 0.2) is 58.5 Å². The molecule has 3 rings (SSSR count). The van der Waals surface area contributed by atoms with Gasteiger partial charge in [-0.25, -0.2) is 9.98 Å². The van der Waals surface area contributed by atoms with Crippen molar-refractivity contribution in [3.05, 3.63) is 59.7 Å². The highest BCUT2D eigenvalue weighted by atomic mass is 16.7. The van der Waals surface area contributed by atoms with Crippen LogP contribution in [0.3, 0.4) is 0 Å². The maximum Gasteiger partial charge on any atom is 0.329 e. The number of nitrogens with two attached hydrogens (primary N) is 4. The summed E-state index contributed by atoms with van der Waals surface area (Å²) in [5, 5.41) is 6.22. The van der Waals surface area contributed by atoms with Crippen LogP contribution in [-0.4, -0.2) is 83.7 Å². The predicted octanol–water partition coefficient (Wildman–Crippen LogP) is -1.05. The number of nitrogens with one attached hydrogen (secondary N) is 2. The number of carbonyl (C=O) groups excluding carboxylic acids is 5. The Hall–Kier alpha value is -5.67. The smallest absolute Gasteiger partial charge is 0.329 e. The van der Waals surface area contributed by atoms with Crippen LogP contribution < -0.4 is 33.6 Å². The quantitative estimate of drug-likeness (QED) is 0.105. The Morgan fingerprint density at radius 2 is 1.35 bits per heavy atom. The van der Waals surface area contributed by atoms with Crippen LogP contribution in [0, 0.1) is 0 Å². The van der Waals surface area contributed by atoms with Crippen molar-refractivity contribution in [2.75, 3.05) is 26.2 Å². The van der Waals surface area contributed by atoms with Gasteiger partial charge in [0.25, 0.3) is 17.7 Å². The van der Waals surface area contributed by atoms with E-state index in [1.165, 1.54) is 24.0 Å². The van der Waals surface area contributed by atoms with Crippen molar-refractivity contribution in [1.82, 2.24) is 20.6 Å². The molecule has 0 spiro atoms. The SMILES string of the molecule is CC(=O)ON1CCN(C(=O)CNC(=O)c2ccc(N=C(N)N)cc2)C(CCCNC(=O)c2ccc(N=C(N)N)cc2)C1=O. The maximum absolute atomic E-state index is 13.1. The van der Waals surface area contributed by atoms with E-state index in [2.05, 4.69) is 20.6 Å². The topological polar surface area (TPSA) is 254 Å². The van der Waals surface area contributed by atoms with Crippen LogP contribution in [0.2, 0.25) is 0 Å². The van der Waals surface area contributed by atoms with Crippen molar-refractivity contribution in [2.45, 2.75) is 25.8 Å². The molecular weight excluding hydrogens is 560 g/mol. The summed E-state index contributed by atoms with van der Waals surface area (Å²) in [4.78, 5) is 76.9. The average molecular weight is 595 g/mol. The number of rotatable bonds is 11. The Morgan fingerprint density at radius 1 is 0.837 bits per heavy atom. The molecule has 1 atom stereocenters. The lowest BCUT2D eigenvalue weighted by Crippen LogP contribution is -2.60. The summed E-state index contributed by atoms with van der Waals surface area (Å²) in [5.41, 5.74) is 23.0. The van der Waals surface area contributed by atoms with Crippen molar-refractivity contribution in [3.63, 3.8) is 0 Å². The first-order valence-corrected chi connectivity index (χ1v) is 13.2. The van der Waals surface area contributed by atoms with Gasteiger partial charge in [-0.1, -0.05) is 0 Å². The minimum atomic E-state index is -0.980. The fourth-order valence-corrected chi connectivity index (χ4v) is 4.22. The van der Waals surface area contributed by atoms with Gasteiger partial charge in [0.1, 0.15) is 6.04 Å². The lowest BCUT2D eigenvalue weighted by atomic mass is 10.1. The van der Waals surface area contributed by atoms with Crippen molar-refractivity contribution in [1.29, 1.82) is 0 Å². The molecule has 16 nitrogen and oxygen atoms in total. The molecule has 2 aromatic rings. The van der Waals surface area contributed by atoms with E-state index >= 15 is 0 Å². The first-order valence-electron chi connectivity index (χ1n) is 13.2. The van der Waals surface area contributed by atoms with Gasteiger partial charge in [0.15, 0.2) is 11.9 Å². The van der Waals surface area contributed by atoms with E-state index in [9.17, 15) is 24.0 Å². The van der Waals surface area contributed by atoms with Gasteiger partial charge in [-0.2, -0.15) is 5.06 Å². The summed E-state index contributed by atoms with van der Waals surface area (Å²) < 4.78 is 0. The number of hydrogen-bond donors (Lipinski definition) is 6. The van der Waals surface area contributed by atoms with Crippen LogP contribution in [-0.2, 0) is 19.2 Å². The van der Waals surface area contributed by atoms with E-state index in [0.717, 1.165) is 5.06 Å². The van der Waals surface area contributed by atoms with Gasteiger partial charge in [0.05, 0.1) is 24.5 Å². The predicted molar refractivity (Wildman–Crippen MR) is 157 cm³/mol. The number of benzene rings is 2. The number of hydroxylamine groups is 2. The third-order valence-electron chi connectivity index (χ3n) is 6.13. The number of hydrogen-bond acceptors (Lipinski definition) is 8. The molecule has 1 aliphatic heterocycles. The highest BCUT2D eigenvalue weighted by molar-refractivity contribution is 5.98. The monoisotopic (exact) mass is 594 g/mol. The summed E-state index contributed by atoms with van der Waals surface area (Å²) in [6.45, 7) is 1.02. The van der Waals surface area contributed by atoms with Gasteiger partial charge in [-0.05, 0) is 61.4 Å².